The third kappa shape index (κ3) is 3.20. The molecule has 1 unspecified atom stereocenters. The summed E-state index contributed by atoms with van der Waals surface area (Å²) < 4.78 is 13.6. The maximum Gasteiger partial charge on any atom is 0.124 e. The van der Waals surface area contributed by atoms with Crippen molar-refractivity contribution in [2.45, 2.75) is 26.4 Å². The van der Waals surface area contributed by atoms with Crippen LogP contribution in [-0.2, 0) is 0 Å². The Morgan fingerprint density at radius 2 is 2.07 bits per heavy atom. The van der Waals surface area contributed by atoms with E-state index in [-0.39, 0.29) is 5.82 Å². The Balaban J connectivity index is 2.84. The van der Waals surface area contributed by atoms with Crippen molar-refractivity contribution < 1.29 is 9.50 Å². The minimum absolute atomic E-state index is 0.255. The second kappa shape index (κ2) is 5.07. The predicted octanol–water partition coefficient (Wildman–Crippen LogP) is 3.51. The van der Waals surface area contributed by atoms with Crippen molar-refractivity contribution in [3.05, 3.63) is 33.1 Å². The molecule has 14 heavy (non-hydrogen) atoms. The van der Waals surface area contributed by atoms with E-state index in [1.165, 1.54) is 12.1 Å². The zero-order valence-corrected chi connectivity index (χ0v) is 10.5. The maximum atomic E-state index is 12.8. The molecule has 0 fully saturated rings. The molecule has 0 aliphatic rings. The van der Waals surface area contributed by atoms with Gasteiger partial charge in [0.15, 0.2) is 0 Å². The lowest BCUT2D eigenvalue weighted by Crippen LogP contribution is -2.04. The summed E-state index contributed by atoms with van der Waals surface area (Å²) in [5.74, 6) is 0.181. The minimum Gasteiger partial charge on any atom is -0.388 e. The van der Waals surface area contributed by atoms with Crippen LogP contribution >= 0.6 is 22.6 Å². The van der Waals surface area contributed by atoms with Crippen LogP contribution < -0.4 is 0 Å². The van der Waals surface area contributed by atoms with Crippen molar-refractivity contribution >= 4 is 22.6 Å². The fraction of sp³-hybridized carbons (Fsp3) is 0.455. The molecule has 0 amide bonds. The van der Waals surface area contributed by atoms with E-state index in [1.54, 1.807) is 6.07 Å². The Morgan fingerprint density at radius 3 is 2.57 bits per heavy atom. The highest BCUT2D eigenvalue weighted by Gasteiger charge is 2.13. The smallest absolute Gasteiger partial charge is 0.124 e. The van der Waals surface area contributed by atoms with Gasteiger partial charge in [0, 0.05) is 3.57 Å². The molecule has 0 saturated heterocycles. The Kier molecular flexibility index (Phi) is 4.31. The molecule has 0 bridgehead atoms. The fourth-order valence-electron chi connectivity index (χ4n) is 1.35. The number of benzene rings is 1. The molecule has 1 N–H and O–H groups in total. The molecule has 1 aromatic rings. The zero-order valence-electron chi connectivity index (χ0n) is 8.30. The molecule has 3 heteroatoms. The van der Waals surface area contributed by atoms with Gasteiger partial charge in [0.25, 0.3) is 0 Å². The summed E-state index contributed by atoms with van der Waals surface area (Å²) in [6.07, 6.45) is 0.226. The van der Waals surface area contributed by atoms with Crippen LogP contribution in [-0.4, -0.2) is 5.11 Å². The van der Waals surface area contributed by atoms with Gasteiger partial charge < -0.3 is 5.11 Å². The van der Waals surface area contributed by atoms with Gasteiger partial charge in [0.1, 0.15) is 5.82 Å². The van der Waals surface area contributed by atoms with Crippen LogP contribution in [0.4, 0.5) is 4.39 Å². The van der Waals surface area contributed by atoms with Crippen molar-refractivity contribution in [3.8, 4) is 0 Å². The van der Waals surface area contributed by atoms with Crippen LogP contribution in [0, 0.1) is 15.3 Å². The molecule has 0 radical (unpaired) electrons. The van der Waals surface area contributed by atoms with E-state index in [0.717, 1.165) is 9.13 Å². The highest BCUT2D eigenvalue weighted by Crippen LogP contribution is 2.25. The van der Waals surface area contributed by atoms with E-state index in [9.17, 15) is 9.50 Å². The molecule has 0 saturated carbocycles. The van der Waals surface area contributed by atoms with Gasteiger partial charge in [0.2, 0.25) is 0 Å². The topological polar surface area (TPSA) is 20.2 Å². The standard InChI is InChI=1S/C11H14FIO/c1-7(2)5-11(14)9-4-3-8(12)6-10(9)13/h3-4,6-7,11,14H,5H2,1-2H3. The lowest BCUT2D eigenvalue weighted by Gasteiger charge is -2.14. The first kappa shape index (κ1) is 11.9. The number of aliphatic hydroxyl groups is 1. The molecule has 1 atom stereocenters. The molecule has 1 rings (SSSR count). The van der Waals surface area contributed by atoms with Gasteiger partial charge >= 0.3 is 0 Å². The van der Waals surface area contributed by atoms with Crippen LogP contribution in [0.5, 0.6) is 0 Å². The third-order valence-corrected chi connectivity index (χ3v) is 2.95. The summed E-state index contributed by atoms with van der Waals surface area (Å²) in [6, 6.07) is 4.49. The lowest BCUT2D eigenvalue weighted by molar-refractivity contribution is 0.150. The molecule has 0 aliphatic carbocycles. The number of hydrogen-bond donors (Lipinski definition) is 1. The first-order valence-electron chi connectivity index (χ1n) is 4.63. The Morgan fingerprint density at radius 1 is 1.43 bits per heavy atom. The van der Waals surface area contributed by atoms with E-state index in [1.807, 2.05) is 22.6 Å². The number of rotatable bonds is 3. The van der Waals surface area contributed by atoms with Crippen LogP contribution in [0.2, 0.25) is 0 Å². The summed E-state index contributed by atoms with van der Waals surface area (Å²) in [4.78, 5) is 0. The predicted molar refractivity (Wildman–Crippen MR) is 63.5 cm³/mol. The van der Waals surface area contributed by atoms with Crippen molar-refractivity contribution in [3.63, 3.8) is 0 Å². The van der Waals surface area contributed by atoms with Gasteiger partial charge in [-0.3, -0.25) is 0 Å². The van der Waals surface area contributed by atoms with Crippen molar-refractivity contribution in [2.24, 2.45) is 5.92 Å². The van der Waals surface area contributed by atoms with Gasteiger partial charge in [-0.1, -0.05) is 19.9 Å². The van der Waals surface area contributed by atoms with Gasteiger partial charge in [-0.05, 0) is 52.6 Å². The molecule has 0 heterocycles. The SMILES string of the molecule is CC(C)CC(O)c1ccc(F)cc1I. The molecular formula is C11H14FIO. The Hall–Kier alpha value is -0.160. The van der Waals surface area contributed by atoms with E-state index < -0.39 is 6.10 Å². The quantitative estimate of drug-likeness (QED) is 0.847. The van der Waals surface area contributed by atoms with Crippen LogP contribution in [0.3, 0.4) is 0 Å². The highest BCUT2D eigenvalue weighted by molar-refractivity contribution is 14.1. The van der Waals surface area contributed by atoms with Crippen molar-refractivity contribution in [1.29, 1.82) is 0 Å². The Labute approximate surface area is 97.5 Å². The van der Waals surface area contributed by atoms with Gasteiger partial charge in [-0.25, -0.2) is 4.39 Å². The highest BCUT2D eigenvalue weighted by atomic mass is 127. The van der Waals surface area contributed by atoms with E-state index in [0.29, 0.717) is 12.3 Å². The molecule has 1 nitrogen and oxygen atoms in total. The first-order chi connectivity index (χ1) is 6.50. The Bertz CT molecular complexity index is 312. The molecule has 78 valence electrons. The molecule has 1 aromatic carbocycles. The molecule has 0 spiro atoms. The van der Waals surface area contributed by atoms with Gasteiger partial charge in [-0.15, -0.1) is 0 Å². The van der Waals surface area contributed by atoms with E-state index >= 15 is 0 Å². The second-order valence-electron chi connectivity index (χ2n) is 3.81. The summed E-state index contributed by atoms with van der Waals surface area (Å²) in [6.45, 7) is 4.11. The molecule has 0 aliphatic heterocycles. The van der Waals surface area contributed by atoms with Crippen LogP contribution in [0.25, 0.3) is 0 Å². The van der Waals surface area contributed by atoms with E-state index in [4.69, 9.17) is 0 Å². The van der Waals surface area contributed by atoms with Gasteiger partial charge in [0.05, 0.1) is 6.10 Å². The van der Waals surface area contributed by atoms with Crippen LogP contribution in [0.15, 0.2) is 18.2 Å². The van der Waals surface area contributed by atoms with E-state index in [2.05, 4.69) is 13.8 Å². The number of aliphatic hydroxyl groups excluding tert-OH is 1. The summed E-state index contributed by atoms with van der Waals surface area (Å²) in [5.41, 5.74) is 0.820. The van der Waals surface area contributed by atoms with Crippen molar-refractivity contribution in [2.75, 3.05) is 0 Å². The largest absolute Gasteiger partial charge is 0.388 e. The number of hydrogen-bond acceptors (Lipinski definition) is 1. The zero-order chi connectivity index (χ0) is 10.7. The normalized spacial score (nSPS) is 13.3. The average molecular weight is 308 g/mol. The number of halogens is 2. The minimum atomic E-state index is -0.484. The van der Waals surface area contributed by atoms with Crippen molar-refractivity contribution in [1.82, 2.24) is 0 Å². The molecular weight excluding hydrogens is 294 g/mol. The monoisotopic (exact) mass is 308 g/mol. The molecule has 0 aromatic heterocycles. The summed E-state index contributed by atoms with van der Waals surface area (Å²) in [5, 5.41) is 9.84. The first-order valence-corrected chi connectivity index (χ1v) is 5.71. The summed E-state index contributed by atoms with van der Waals surface area (Å²) in [7, 11) is 0. The average Bonchev–Trinajstić information content (AvgIpc) is 2.01. The fourth-order valence-corrected chi connectivity index (χ4v) is 2.18. The van der Waals surface area contributed by atoms with Crippen LogP contribution in [0.1, 0.15) is 31.9 Å². The summed E-state index contributed by atoms with van der Waals surface area (Å²) >= 11 is 2.05. The second-order valence-corrected chi connectivity index (χ2v) is 4.97. The third-order valence-electron chi connectivity index (χ3n) is 2.02. The lowest BCUT2D eigenvalue weighted by atomic mass is 10.00. The maximum absolute atomic E-state index is 12.8. The van der Waals surface area contributed by atoms with Gasteiger partial charge in [-0.2, -0.15) is 0 Å².